The molecule has 0 amide bonds. The molecule has 0 unspecified atom stereocenters. The molecule has 0 bridgehead atoms. The second-order valence-corrected chi connectivity index (χ2v) is 6.32. The molecule has 0 radical (unpaired) electrons. The van der Waals surface area contributed by atoms with Gasteiger partial charge in [-0.15, -0.1) is 11.8 Å². The molecular formula is C7H8BrNO2S2. The van der Waals surface area contributed by atoms with Gasteiger partial charge in [-0.05, 0) is 24.3 Å². The zero-order valence-electron chi connectivity index (χ0n) is 6.60. The smallest absolute Gasteiger partial charge is 0.218 e. The van der Waals surface area contributed by atoms with E-state index in [1.807, 2.05) is 24.3 Å². The van der Waals surface area contributed by atoms with Crippen molar-refractivity contribution in [1.82, 2.24) is 0 Å². The fourth-order valence-corrected chi connectivity index (χ4v) is 2.48. The van der Waals surface area contributed by atoms with E-state index < -0.39 is 10.0 Å². The number of sulfonamides is 1. The number of halogens is 1. The van der Waals surface area contributed by atoms with Gasteiger partial charge in [-0.3, -0.25) is 0 Å². The summed E-state index contributed by atoms with van der Waals surface area (Å²) in [6.45, 7) is 0. The predicted octanol–water partition coefficient (Wildman–Crippen LogP) is 1.79. The van der Waals surface area contributed by atoms with Crippen LogP contribution in [0.4, 0.5) is 0 Å². The van der Waals surface area contributed by atoms with Crippen LogP contribution in [-0.2, 0) is 10.0 Å². The molecule has 6 heteroatoms. The Bertz CT molecular complexity index is 374. The second-order valence-electron chi connectivity index (χ2n) is 2.38. The van der Waals surface area contributed by atoms with Gasteiger partial charge in [-0.25, -0.2) is 13.6 Å². The van der Waals surface area contributed by atoms with Gasteiger partial charge < -0.3 is 0 Å². The number of hydrogen-bond donors (Lipinski definition) is 1. The number of primary sulfonamides is 1. The molecule has 0 atom stereocenters. The van der Waals surface area contributed by atoms with Crippen LogP contribution in [0.5, 0.6) is 0 Å². The summed E-state index contributed by atoms with van der Waals surface area (Å²) >= 11 is 4.49. The summed E-state index contributed by atoms with van der Waals surface area (Å²) in [6, 6.07) is 7.37. The summed E-state index contributed by atoms with van der Waals surface area (Å²) in [7, 11) is -3.38. The summed E-state index contributed by atoms with van der Waals surface area (Å²) in [5, 5.41) is 4.77. The van der Waals surface area contributed by atoms with Gasteiger partial charge in [0, 0.05) is 9.37 Å². The molecule has 13 heavy (non-hydrogen) atoms. The van der Waals surface area contributed by atoms with E-state index >= 15 is 0 Å². The molecule has 0 aliphatic carbocycles. The van der Waals surface area contributed by atoms with Gasteiger partial charge in [-0.2, -0.15) is 0 Å². The number of benzene rings is 1. The van der Waals surface area contributed by atoms with Crippen molar-refractivity contribution in [2.24, 2.45) is 5.14 Å². The summed E-state index contributed by atoms with van der Waals surface area (Å²) in [5.74, 6) is 0. The largest absolute Gasteiger partial charge is 0.228 e. The van der Waals surface area contributed by atoms with Gasteiger partial charge in [0.1, 0.15) is 5.08 Å². The summed E-state index contributed by atoms with van der Waals surface area (Å²) in [5.41, 5.74) is 0. The topological polar surface area (TPSA) is 60.2 Å². The Labute approximate surface area is 89.9 Å². The first-order valence-electron chi connectivity index (χ1n) is 3.36. The number of hydrogen-bond acceptors (Lipinski definition) is 3. The highest BCUT2D eigenvalue weighted by Crippen LogP contribution is 2.20. The van der Waals surface area contributed by atoms with Crippen LogP contribution in [-0.4, -0.2) is 13.5 Å². The molecule has 0 saturated heterocycles. The van der Waals surface area contributed by atoms with Crippen LogP contribution in [0.3, 0.4) is 0 Å². The molecule has 0 saturated carbocycles. The fraction of sp³-hybridized carbons (Fsp3) is 0.143. The Morgan fingerprint density at radius 3 is 2.31 bits per heavy atom. The highest BCUT2D eigenvalue weighted by molar-refractivity contribution is 9.10. The van der Waals surface area contributed by atoms with Crippen LogP contribution in [0.1, 0.15) is 0 Å². The molecule has 0 heterocycles. The van der Waals surface area contributed by atoms with E-state index in [-0.39, 0.29) is 5.08 Å². The molecule has 0 aromatic heterocycles. The van der Waals surface area contributed by atoms with E-state index in [0.29, 0.717) is 0 Å². The minimum Gasteiger partial charge on any atom is -0.228 e. The van der Waals surface area contributed by atoms with E-state index in [1.54, 1.807) is 0 Å². The predicted molar refractivity (Wildman–Crippen MR) is 58.0 cm³/mol. The van der Waals surface area contributed by atoms with E-state index in [1.165, 1.54) is 11.8 Å². The molecular weight excluding hydrogens is 274 g/mol. The van der Waals surface area contributed by atoms with Crippen LogP contribution in [0, 0.1) is 0 Å². The molecule has 1 aromatic rings. The highest BCUT2D eigenvalue weighted by atomic mass is 79.9. The first kappa shape index (κ1) is 11.0. The Kier molecular flexibility index (Phi) is 3.78. The van der Waals surface area contributed by atoms with Crippen molar-refractivity contribution in [3.8, 4) is 0 Å². The third kappa shape index (κ3) is 4.66. The van der Waals surface area contributed by atoms with Crippen molar-refractivity contribution in [3.63, 3.8) is 0 Å². The Balaban J connectivity index is 2.61. The van der Waals surface area contributed by atoms with E-state index in [9.17, 15) is 8.42 Å². The Hall–Kier alpha value is -0.0400. The molecule has 1 aromatic carbocycles. The molecule has 3 nitrogen and oxygen atoms in total. The lowest BCUT2D eigenvalue weighted by molar-refractivity contribution is 0.602. The molecule has 2 N–H and O–H groups in total. The SMILES string of the molecule is NS(=O)(=O)CSc1ccc(Br)cc1. The van der Waals surface area contributed by atoms with Crippen LogP contribution < -0.4 is 5.14 Å². The van der Waals surface area contributed by atoms with Crippen molar-refractivity contribution in [3.05, 3.63) is 28.7 Å². The first-order valence-corrected chi connectivity index (χ1v) is 6.85. The fourth-order valence-electron chi connectivity index (χ4n) is 0.681. The van der Waals surface area contributed by atoms with Gasteiger partial charge in [-0.1, -0.05) is 15.9 Å². The maximum Gasteiger partial charge on any atom is 0.218 e. The van der Waals surface area contributed by atoms with Crippen LogP contribution in [0.2, 0.25) is 0 Å². The summed E-state index contributed by atoms with van der Waals surface area (Å²) in [4.78, 5) is 0.886. The van der Waals surface area contributed by atoms with Crippen molar-refractivity contribution in [2.75, 3.05) is 5.08 Å². The number of rotatable bonds is 3. The number of nitrogens with two attached hydrogens (primary N) is 1. The first-order chi connectivity index (χ1) is 5.97. The lowest BCUT2D eigenvalue weighted by Gasteiger charge is -1.99. The van der Waals surface area contributed by atoms with Gasteiger partial charge in [0.2, 0.25) is 10.0 Å². The lowest BCUT2D eigenvalue weighted by atomic mass is 10.4. The van der Waals surface area contributed by atoms with E-state index in [4.69, 9.17) is 5.14 Å². The average molecular weight is 282 g/mol. The molecule has 0 fully saturated rings. The quantitative estimate of drug-likeness (QED) is 0.860. The second kappa shape index (κ2) is 4.45. The molecule has 0 spiro atoms. The van der Waals surface area contributed by atoms with Crippen LogP contribution in [0.15, 0.2) is 33.6 Å². The molecule has 0 aliphatic heterocycles. The third-order valence-corrected chi connectivity index (χ3v) is 4.12. The standard InChI is InChI=1S/C7H8BrNO2S2/c8-6-1-3-7(4-2-6)12-5-13(9,10)11/h1-4H,5H2,(H2,9,10,11). The van der Waals surface area contributed by atoms with Crippen LogP contribution in [0.25, 0.3) is 0 Å². The summed E-state index contributed by atoms with van der Waals surface area (Å²) < 4.78 is 22.2. The van der Waals surface area contributed by atoms with Crippen LogP contribution >= 0.6 is 27.7 Å². The van der Waals surface area contributed by atoms with Gasteiger partial charge in [0.25, 0.3) is 0 Å². The van der Waals surface area contributed by atoms with E-state index in [0.717, 1.165) is 9.37 Å². The Morgan fingerprint density at radius 1 is 1.31 bits per heavy atom. The normalized spacial score (nSPS) is 11.5. The minimum absolute atomic E-state index is 0.0887. The highest BCUT2D eigenvalue weighted by Gasteiger charge is 2.03. The zero-order chi connectivity index (χ0) is 9.90. The monoisotopic (exact) mass is 281 g/mol. The van der Waals surface area contributed by atoms with E-state index in [2.05, 4.69) is 15.9 Å². The maximum atomic E-state index is 10.6. The summed E-state index contributed by atoms with van der Waals surface area (Å²) in [6.07, 6.45) is 0. The van der Waals surface area contributed by atoms with Crippen molar-refractivity contribution < 1.29 is 8.42 Å². The molecule has 1 rings (SSSR count). The number of thioether (sulfide) groups is 1. The van der Waals surface area contributed by atoms with Gasteiger partial charge >= 0.3 is 0 Å². The lowest BCUT2D eigenvalue weighted by Crippen LogP contribution is -2.13. The molecule has 72 valence electrons. The minimum atomic E-state index is -3.38. The third-order valence-electron chi connectivity index (χ3n) is 1.20. The van der Waals surface area contributed by atoms with Crippen molar-refractivity contribution >= 4 is 37.7 Å². The Morgan fingerprint density at radius 2 is 1.85 bits per heavy atom. The zero-order valence-corrected chi connectivity index (χ0v) is 9.82. The average Bonchev–Trinajstić information content (AvgIpc) is 2.02. The van der Waals surface area contributed by atoms with Gasteiger partial charge in [0.15, 0.2) is 0 Å². The molecule has 0 aliphatic rings. The maximum absolute atomic E-state index is 10.6. The van der Waals surface area contributed by atoms with Crippen molar-refractivity contribution in [2.45, 2.75) is 4.90 Å². The van der Waals surface area contributed by atoms with Gasteiger partial charge in [0.05, 0.1) is 0 Å². The van der Waals surface area contributed by atoms with Crippen molar-refractivity contribution in [1.29, 1.82) is 0 Å².